The molecule has 3 unspecified atom stereocenters. The lowest BCUT2D eigenvalue weighted by Gasteiger charge is -2.39. The Morgan fingerprint density at radius 2 is 2.15 bits per heavy atom. The summed E-state index contributed by atoms with van der Waals surface area (Å²) in [7, 11) is 0. The second-order valence-electron chi connectivity index (χ2n) is 4.81. The summed E-state index contributed by atoms with van der Waals surface area (Å²) in [5, 5.41) is 0. The molecule has 74 valence electrons. The Morgan fingerprint density at radius 3 is 3.00 bits per heavy atom. The molecular formula is C13H22. The molecule has 0 heterocycles. The van der Waals surface area contributed by atoms with Crippen molar-refractivity contribution < 1.29 is 0 Å². The lowest BCUT2D eigenvalue weighted by atomic mass is 9.67. The van der Waals surface area contributed by atoms with E-state index in [0.29, 0.717) is 0 Å². The van der Waals surface area contributed by atoms with Crippen molar-refractivity contribution in [3.63, 3.8) is 0 Å². The lowest BCUT2D eigenvalue weighted by molar-refractivity contribution is 0.157. The second kappa shape index (κ2) is 4.30. The van der Waals surface area contributed by atoms with Crippen LogP contribution < -0.4 is 0 Å². The molecule has 0 aliphatic heterocycles. The molecule has 0 heteroatoms. The van der Waals surface area contributed by atoms with Crippen LogP contribution in [0.3, 0.4) is 0 Å². The van der Waals surface area contributed by atoms with Gasteiger partial charge >= 0.3 is 0 Å². The maximum atomic E-state index is 2.51. The molecule has 0 amide bonds. The Morgan fingerprint density at radius 1 is 1.23 bits per heavy atom. The molecule has 1 saturated carbocycles. The van der Waals surface area contributed by atoms with Gasteiger partial charge in [-0.15, -0.1) is 0 Å². The summed E-state index contributed by atoms with van der Waals surface area (Å²) in [5.74, 6) is 3.08. The first kappa shape index (κ1) is 9.30. The number of fused-ring (bicyclic) bond motifs is 1. The molecule has 3 atom stereocenters. The van der Waals surface area contributed by atoms with Gasteiger partial charge in [-0.1, -0.05) is 44.8 Å². The van der Waals surface area contributed by atoms with E-state index in [-0.39, 0.29) is 0 Å². The summed E-state index contributed by atoms with van der Waals surface area (Å²) in [4.78, 5) is 0. The van der Waals surface area contributed by atoms with E-state index in [1.807, 2.05) is 0 Å². The van der Waals surface area contributed by atoms with Gasteiger partial charge in [-0.2, -0.15) is 0 Å². The third-order valence-electron chi connectivity index (χ3n) is 3.98. The highest BCUT2D eigenvalue weighted by Gasteiger charge is 2.31. The van der Waals surface area contributed by atoms with Crippen molar-refractivity contribution in [1.82, 2.24) is 0 Å². The van der Waals surface area contributed by atoms with Crippen molar-refractivity contribution in [3.8, 4) is 0 Å². The smallest absolute Gasteiger partial charge is 0.0202 e. The Bertz CT molecular complexity index is 178. The van der Waals surface area contributed by atoms with Crippen LogP contribution in [0.5, 0.6) is 0 Å². The second-order valence-corrected chi connectivity index (χ2v) is 4.81. The van der Waals surface area contributed by atoms with Gasteiger partial charge in [0, 0.05) is 0 Å². The van der Waals surface area contributed by atoms with Crippen molar-refractivity contribution >= 4 is 0 Å². The fourth-order valence-electron chi connectivity index (χ4n) is 3.37. The summed E-state index contributed by atoms with van der Waals surface area (Å²) in [6, 6.07) is 0. The molecular weight excluding hydrogens is 156 g/mol. The summed E-state index contributed by atoms with van der Waals surface area (Å²) < 4.78 is 0. The number of hydrogen-bond donors (Lipinski definition) is 0. The largest absolute Gasteiger partial charge is 0.0882 e. The van der Waals surface area contributed by atoms with Crippen molar-refractivity contribution in [1.29, 1.82) is 0 Å². The SMILES string of the molecule is CCCC1CCCC2C=CCCC21. The van der Waals surface area contributed by atoms with Crippen LogP contribution >= 0.6 is 0 Å². The van der Waals surface area contributed by atoms with Crippen LogP contribution in [0.4, 0.5) is 0 Å². The van der Waals surface area contributed by atoms with Crippen LogP contribution in [-0.4, -0.2) is 0 Å². The minimum Gasteiger partial charge on any atom is -0.0882 e. The average molecular weight is 178 g/mol. The zero-order valence-electron chi connectivity index (χ0n) is 8.84. The maximum Gasteiger partial charge on any atom is -0.0202 e. The van der Waals surface area contributed by atoms with Gasteiger partial charge in [-0.05, 0) is 37.0 Å². The molecule has 2 aliphatic rings. The molecule has 0 N–H and O–H groups in total. The van der Waals surface area contributed by atoms with Crippen LogP contribution in [0.1, 0.15) is 51.9 Å². The molecule has 2 aliphatic carbocycles. The molecule has 0 aromatic heterocycles. The first-order valence-electron chi connectivity index (χ1n) is 6.08. The predicted octanol–water partition coefficient (Wildman–Crippen LogP) is 4.17. The first-order valence-corrected chi connectivity index (χ1v) is 6.08. The molecule has 1 fully saturated rings. The van der Waals surface area contributed by atoms with Crippen LogP contribution in [-0.2, 0) is 0 Å². The third-order valence-corrected chi connectivity index (χ3v) is 3.98. The van der Waals surface area contributed by atoms with Crippen LogP contribution in [0.2, 0.25) is 0 Å². The van der Waals surface area contributed by atoms with Crippen LogP contribution in [0.15, 0.2) is 12.2 Å². The molecule has 0 radical (unpaired) electrons. The Labute approximate surface area is 82.4 Å². The topological polar surface area (TPSA) is 0 Å². The van der Waals surface area contributed by atoms with E-state index in [4.69, 9.17) is 0 Å². The van der Waals surface area contributed by atoms with Crippen molar-refractivity contribution in [2.75, 3.05) is 0 Å². The fraction of sp³-hybridized carbons (Fsp3) is 0.846. The molecule has 0 bridgehead atoms. The maximum absolute atomic E-state index is 2.51. The Balaban J connectivity index is 2.00. The van der Waals surface area contributed by atoms with Gasteiger partial charge in [0.1, 0.15) is 0 Å². The van der Waals surface area contributed by atoms with Gasteiger partial charge in [-0.25, -0.2) is 0 Å². The Hall–Kier alpha value is -0.260. The number of hydrogen-bond acceptors (Lipinski definition) is 0. The van der Waals surface area contributed by atoms with Crippen molar-refractivity contribution in [2.45, 2.75) is 51.9 Å². The standard InChI is InChI=1S/C13H22/c1-2-6-11-8-5-9-12-7-3-4-10-13(11)12/h3,7,11-13H,2,4-6,8-10H2,1H3. The van der Waals surface area contributed by atoms with E-state index in [1.54, 1.807) is 0 Å². The summed E-state index contributed by atoms with van der Waals surface area (Å²) in [6.07, 6.45) is 15.1. The van der Waals surface area contributed by atoms with E-state index in [0.717, 1.165) is 17.8 Å². The van der Waals surface area contributed by atoms with E-state index in [1.165, 1.54) is 44.9 Å². The van der Waals surface area contributed by atoms with Crippen molar-refractivity contribution in [2.24, 2.45) is 17.8 Å². The van der Waals surface area contributed by atoms with Crippen molar-refractivity contribution in [3.05, 3.63) is 12.2 Å². The Kier molecular flexibility index (Phi) is 3.08. The van der Waals surface area contributed by atoms with E-state index in [2.05, 4.69) is 19.1 Å². The summed E-state index contributed by atoms with van der Waals surface area (Å²) >= 11 is 0. The quantitative estimate of drug-likeness (QED) is 0.557. The van der Waals surface area contributed by atoms with E-state index in [9.17, 15) is 0 Å². The molecule has 13 heavy (non-hydrogen) atoms. The van der Waals surface area contributed by atoms with Gasteiger partial charge in [-0.3, -0.25) is 0 Å². The highest BCUT2D eigenvalue weighted by atomic mass is 14.4. The lowest BCUT2D eigenvalue weighted by Crippen LogP contribution is -2.28. The first-order chi connectivity index (χ1) is 6.42. The molecule has 2 rings (SSSR count). The average Bonchev–Trinajstić information content (AvgIpc) is 2.19. The third kappa shape index (κ3) is 1.98. The fourth-order valence-corrected chi connectivity index (χ4v) is 3.37. The van der Waals surface area contributed by atoms with E-state index >= 15 is 0 Å². The van der Waals surface area contributed by atoms with Crippen LogP contribution in [0.25, 0.3) is 0 Å². The van der Waals surface area contributed by atoms with Crippen LogP contribution in [0, 0.1) is 17.8 Å². The monoisotopic (exact) mass is 178 g/mol. The molecule has 0 aromatic rings. The zero-order valence-corrected chi connectivity index (χ0v) is 8.84. The molecule has 0 aromatic carbocycles. The molecule has 0 saturated heterocycles. The molecule has 0 spiro atoms. The van der Waals surface area contributed by atoms with E-state index < -0.39 is 0 Å². The van der Waals surface area contributed by atoms with Gasteiger partial charge in [0.25, 0.3) is 0 Å². The van der Waals surface area contributed by atoms with Gasteiger partial charge in [0.15, 0.2) is 0 Å². The normalized spacial score (nSPS) is 38.7. The summed E-state index contributed by atoms with van der Waals surface area (Å²) in [5.41, 5.74) is 0. The number of allylic oxidation sites excluding steroid dienone is 2. The minimum atomic E-state index is 0.957. The highest BCUT2D eigenvalue weighted by Crippen LogP contribution is 2.42. The van der Waals surface area contributed by atoms with Gasteiger partial charge in [0.05, 0.1) is 0 Å². The minimum absolute atomic E-state index is 0.957. The highest BCUT2D eigenvalue weighted by molar-refractivity contribution is 5.00. The van der Waals surface area contributed by atoms with Gasteiger partial charge < -0.3 is 0 Å². The zero-order chi connectivity index (χ0) is 9.10. The summed E-state index contributed by atoms with van der Waals surface area (Å²) in [6.45, 7) is 2.34. The van der Waals surface area contributed by atoms with Gasteiger partial charge in [0.2, 0.25) is 0 Å². The predicted molar refractivity (Wildman–Crippen MR) is 57.6 cm³/mol. The number of rotatable bonds is 2. The molecule has 0 nitrogen and oxygen atoms in total.